The summed E-state index contributed by atoms with van der Waals surface area (Å²) in [5.41, 5.74) is 1.50. The molecule has 0 aliphatic heterocycles. The average molecular weight is 326 g/mol. The quantitative estimate of drug-likeness (QED) is 0.810. The molecular formula is C14H14ClN2O3S-. The summed E-state index contributed by atoms with van der Waals surface area (Å²) in [6.45, 7) is 1.87. The number of aliphatic carboxylic acids is 1. The van der Waals surface area contributed by atoms with Crippen molar-refractivity contribution >= 4 is 29.3 Å². The second kappa shape index (κ2) is 6.98. The Bertz CT molecular complexity index is 628. The first-order valence-electron chi connectivity index (χ1n) is 6.28. The number of carbonyl (C=O) groups excluding carboxylic acids is 1. The largest absolute Gasteiger partial charge is 0.549 e. The van der Waals surface area contributed by atoms with Gasteiger partial charge in [0.1, 0.15) is 0 Å². The summed E-state index contributed by atoms with van der Waals surface area (Å²) >= 11 is 6.94. The lowest BCUT2D eigenvalue weighted by Crippen LogP contribution is -2.31. The Morgan fingerprint density at radius 3 is 2.71 bits per heavy atom. The lowest BCUT2D eigenvalue weighted by molar-refractivity contribution is -0.304. The second-order valence-corrected chi connectivity index (χ2v) is 6.25. The zero-order valence-corrected chi connectivity index (χ0v) is 12.9. The summed E-state index contributed by atoms with van der Waals surface area (Å²) in [5, 5.41) is 20.5. The van der Waals surface area contributed by atoms with Gasteiger partial charge in [0.05, 0.1) is 18.3 Å². The van der Waals surface area contributed by atoms with Gasteiger partial charge in [0, 0.05) is 23.0 Å². The van der Waals surface area contributed by atoms with E-state index < -0.39 is 11.2 Å². The van der Waals surface area contributed by atoms with E-state index in [9.17, 15) is 15.0 Å². The van der Waals surface area contributed by atoms with Gasteiger partial charge < -0.3 is 19.6 Å². The third-order valence-corrected chi connectivity index (χ3v) is 4.17. The molecule has 1 aromatic heterocycles. The maximum Gasteiger partial charge on any atom is 0.169 e. The molecule has 0 fully saturated rings. The van der Waals surface area contributed by atoms with Gasteiger partial charge in [-0.3, -0.25) is 0 Å². The highest BCUT2D eigenvalue weighted by Gasteiger charge is 2.13. The molecular weight excluding hydrogens is 312 g/mol. The van der Waals surface area contributed by atoms with Crippen molar-refractivity contribution in [3.63, 3.8) is 0 Å². The van der Waals surface area contributed by atoms with E-state index in [1.54, 1.807) is 29.8 Å². The molecule has 7 heteroatoms. The Kier molecular flexibility index (Phi) is 5.27. The predicted octanol–water partition coefficient (Wildman–Crippen LogP) is 1.31. The van der Waals surface area contributed by atoms with E-state index in [4.69, 9.17) is 11.6 Å². The number of aliphatic hydroxyl groups is 1. The van der Waals surface area contributed by atoms with Crippen molar-refractivity contribution in [3.8, 4) is 0 Å². The van der Waals surface area contributed by atoms with Crippen LogP contribution in [0.5, 0.6) is 0 Å². The normalized spacial score (nSPS) is 12.3. The molecule has 2 rings (SSSR count). The minimum absolute atomic E-state index is 0.194. The maximum absolute atomic E-state index is 10.9. The molecule has 2 aromatic rings. The number of carbonyl (C=O) groups is 1. The third kappa shape index (κ3) is 4.23. The minimum Gasteiger partial charge on any atom is -0.549 e. The lowest BCUT2D eigenvalue weighted by Gasteiger charge is -2.13. The van der Waals surface area contributed by atoms with Gasteiger partial charge in [-0.25, -0.2) is 4.98 Å². The van der Waals surface area contributed by atoms with E-state index >= 15 is 0 Å². The maximum atomic E-state index is 10.9. The van der Waals surface area contributed by atoms with Crippen LogP contribution in [0.15, 0.2) is 35.6 Å². The van der Waals surface area contributed by atoms with E-state index in [-0.39, 0.29) is 6.61 Å². The number of hydrogen-bond acceptors (Lipinski definition) is 5. The number of aromatic nitrogens is 2. The minimum atomic E-state index is -1.15. The fourth-order valence-corrected chi connectivity index (χ4v) is 2.69. The number of hydrogen-bond donors (Lipinski definition) is 1. The number of aliphatic hydroxyl groups excluding tert-OH is 1. The predicted molar refractivity (Wildman–Crippen MR) is 79.0 cm³/mol. The summed E-state index contributed by atoms with van der Waals surface area (Å²) in [4.78, 5) is 15.1. The smallest absolute Gasteiger partial charge is 0.169 e. The number of rotatable bonds is 6. The first-order chi connectivity index (χ1) is 9.99. The number of imidazole rings is 1. The summed E-state index contributed by atoms with van der Waals surface area (Å²) < 4.78 is 1.80. The summed E-state index contributed by atoms with van der Waals surface area (Å²) in [7, 11) is 0. The van der Waals surface area contributed by atoms with Crippen molar-refractivity contribution < 1.29 is 15.0 Å². The van der Waals surface area contributed by atoms with Crippen LogP contribution in [0.1, 0.15) is 18.2 Å². The van der Waals surface area contributed by atoms with E-state index in [0.29, 0.717) is 22.4 Å². The monoisotopic (exact) mass is 325 g/mol. The summed E-state index contributed by atoms with van der Waals surface area (Å²) in [5.74, 6) is -1.15. The fraction of sp³-hybridized carbons (Fsp3) is 0.286. The molecule has 0 unspecified atom stereocenters. The van der Waals surface area contributed by atoms with Gasteiger partial charge in [-0.15, -0.1) is 0 Å². The number of nitrogens with zero attached hydrogens (tertiary/aromatic N) is 2. The lowest BCUT2D eigenvalue weighted by atomic mass is 10.2. The number of carboxylic acid groups (broad SMARTS) is 1. The molecule has 0 aliphatic carbocycles. The molecule has 0 aliphatic rings. The van der Waals surface area contributed by atoms with Crippen molar-refractivity contribution in [2.45, 2.75) is 30.5 Å². The fourth-order valence-electron chi connectivity index (χ4n) is 1.73. The van der Waals surface area contributed by atoms with Crippen molar-refractivity contribution in [2.24, 2.45) is 0 Å². The molecule has 112 valence electrons. The molecule has 1 heterocycles. The van der Waals surface area contributed by atoms with Crippen molar-refractivity contribution in [1.82, 2.24) is 9.55 Å². The van der Waals surface area contributed by atoms with Crippen molar-refractivity contribution in [2.75, 3.05) is 0 Å². The van der Waals surface area contributed by atoms with Gasteiger partial charge in [0.25, 0.3) is 0 Å². The van der Waals surface area contributed by atoms with Crippen LogP contribution in [0.25, 0.3) is 0 Å². The van der Waals surface area contributed by atoms with Gasteiger partial charge in [-0.2, -0.15) is 0 Å². The molecule has 5 nitrogen and oxygen atoms in total. The zero-order valence-electron chi connectivity index (χ0n) is 11.3. The topological polar surface area (TPSA) is 78.2 Å². The van der Waals surface area contributed by atoms with Crippen LogP contribution in [0.4, 0.5) is 0 Å². The van der Waals surface area contributed by atoms with Crippen LogP contribution in [-0.4, -0.2) is 25.9 Å². The van der Waals surface area contributed by atoms with Crippen LogP contribution in [0, 0.1) is 0 Å². The van der Waals surface area contributed by atoms with Gasteiger partial charge in [0.15, 0.2) is 5.16 Å². The Labute approximate surface area is 131 Å². The summed E-state index contributed by atoms with van der Waals surface area (Å²) in [6, 6.07) is 7.35. The van der Waals surface area contributed by atoms with Gasteiger partial charge in [0.2, 0.25) is 0 Å². The molecule has 0 saturated carbocycles. The van der Waals surface area contributed by atoms with E-state index in [1.165, 1.54) is 0 Å². The van der Waals surface area contributed by atoms with Crippen LogP contribution >= 0.6 is 23.4 Å². The molecule has 21 heavy (non-hydrogen) atoms. The molecule has 0 saturated heterocycles. The Hall–Kier alpha value is -1.50. The first kappa shape index (κ1) is 15.9. The number of benzene rings is 1. The molecule has 0 spiro atoms. The van der Waals surface area contributed by atoms with Crippen molar-refractivity contribution in [1.29, 1.82) is 0 Å². The van der Waals surface area contributed by atoms with E-state index in [1.807, 2.05) is 12.1 Å². The molecule has 0 amide bonds. The van der Waals surface area contributed by atoms with Gasteiger partial charge >= 0.3 is 0 Å². The Morgan fingerprint density at radius 2 is 2.14 bits per heavy atom. The average Bonchev–Trinajstić information content (AvgIpc) is 2.83. The van der Waals surface area contributed by atoms with E-state index in [0.717, 1.165) is 17.3 Å². The number of halogens is 1. The van der Waals surface area contributed by atoms with Crippen molar-refractivity contribution in [3.05, 3.63) is 46.7 Å². The summed E-state index contributed by atoms with van der Waals surface area (Å²) in [6.07, 6.45) is 1.71. The zero-order chi connectivity index (χ0) is 15.4. The highest BCUT2D eigenvalue weighted by molar-refractivity contribution is 8.00. The molecule has 1 N–H and O–H groups in total. The Balaban J connectivity index is 2.22. The molecule has 0 bridgehead atoms. The highest BCUT2D eigenvalue weighted by atomic mass is 35.5. The van der Waals surface area contributed by atoms with Gasteiger partial charge in [-0.1, -0.05) is 35.5 Å². The first-order valence-corrected chi connectivity index (χ1v) is 7.54. The number of carboxylic acids is 1. The van der Waals surface area contributed by atoms with Gasteiger partial charge in [-0.05, 0) is 24.6 Å². The highest BCUT2D eigenvalue weighted by Crippen LogP contribution is 2.24. The van der Waals surface area contributed by atoms with Crippen LogP contribution in [0.3, 0.4) is 0 Å². The van der Waals surface area contributed by atoms with Crippen LogP contribution in [0.2, 0.25) is 5.02 Å². The third-order valence-electron chi connectivity index (χ3n) is 2.83. The van der Waals surface area contributed by atoms with Crippen LogP contribution < -0.4 is 5.11 Å². The number of thioether (sulfide) groups is 1. The SMILES string of the molecule is C[C@H](Sc1nc(CO)cn1Cc1ccc(Cl)cc1)C(=O)[O-]. The van der Waals surface area contributed by atoms with E-state index in [2.05, 4.69) is 4.98 Å². The second-order valence-electron chi connectivity index (χ2n) is 4.51. The molecule has 0 radical (unpaired) electrons. The van der Waals surface area contributed by atoms with Crippen LogP contribution in [-0.2, 0) is 17.9 Å². The standard InChI is InChI=1S/C14H15ClN2O3S/c1-9(13(19)20)21-14-16-12(8-18)7-17(14)6-10-2-4-11(15)5-3-10/h2-5,7,9,18H,6,8H2,1H3,(H,19,20)/p-1/t9-/m0/s1. The Morgan fingerprint density at radius 1 is 1.48 bits per heavy atom. The molecule has 1 atom stereocenters. The molecule has 1 aromatic carbocycles.